The van der Waals surface area contributed by atoms with Gasteiger partial charge in [-0.15, -0.1) is 0 Å². The lowest BCUT2D eigenvalue weighted by atomic mass is 10.2. The van der Waals surface area contributed by atoms with Gasteiger partial charge in [-0.25, -0.2) is 0 Å². The van der Waals surface area contributed by atoms with Crippen LogP contribution in [0.4, 0.5) is 4.79 Å². The zero-order chi connectivity index (χ0) is 12.1. The molecule has 16 heavy (non-hydrogen) atoms. The third kappa shape index (κ3) is 2.47. The average Bonchev–Trinajstić information content (AvgIpc) is 2.28. The second-order valence-electron chi connectivity index (χ2n) is 2.71. The molecule has 6 nitrogen and oxygen atoms in total. The molecule has 1 rings (SSSR count). The van der Waals surface area contributed by atoms with E-state index in [0.717, 1.165) is 0 Å². The van der Waals surface area contributed by atoms with Crippen molar-refractivity contribution in [3.8, 4) is 23.0 Å². The number of benzene rings is 1. The van der Waals surface area contributed by atoms with Crippen LogP contribution in [-0.2, 0) is 5.11 Å². The number of methoxy groups -OCH3 is 3. The van der Waals surface area contributed by atoms with E-state index < -0.39 is 6.16 Å². The van der Waals surface area contributed by atoms with Crippen molar-refractivity contribution in [2.45, 2.75) is 0 Å². The van der Waals surface area contributed by atoms with E-state index in [0.29, 0.717) is 5.75 Å². The molecule has 0 heterocycles. The second kappa shape index (κ2) is 5.11. The first-order valence-electron chi connectivity index (χ1n) is 4.31. The number of carbonyl (C=O) groups is 1. The summed E-state index contributed by atoms with van der Waals surface area (Å²) in [6.45, 7) is 0. The summed E-state index contributed by atoms with van der Waals surface area (Å²) in [7, 11) is 4.21. The Hall–Kier alpha value is -2.11. The summed E-state index contributed by atoms with van der Waals surface area (Å²) in [5.41, 5.74) is 0. The number of hydrogen-bond donors (Lipinski definition) is 0. The zero-order valence-corrected chi connectivity index (χ0v) is 9.10. The Labute approximate surface area is 92.3 Å². The van der Waals surface area contributed by atoms with Gasteiger partial charge in [0.15, 0.2) is 11.5 Å². The van der Waals surface area contributed by atoms with Crippen molar-refractivity contribution in [2.75, 3.05) is 21.3 Å². The minimum absolute atomic E-state index is 0.0641. The summed E-state index contributed by atoms with van der Waals surface area (Å²) in [4.78, 5) is 10.4. The van der Waals surface area contributed by atoms with E-state index in [-0.39, 0.29) is 17.2 Å². The van der Waals surface area contributed by atoms with E-state index in [2.05, 4.69) is 4.74 Å². The highest BCUT2D eigenvalue weighted by Gasteiger charge is 2.18. The lowest BCUT2D eigenvalue weighted by molar-refractivity contribution is 0.114. The molecule has 0 aromatic heterocycles. The Balaban J connectivity index is 3.25. The molecule has 87 valence electrons. The number of rotatable bonds is 4. The SMILES string of the molecule is COc1cc(OC)c(OC([O])=O)c(OC)c1. The first kappa shape index (κ1) is 12.0. The van der Waals surface area contributed by atoms with Crippen molar-refractivity contribution in [3.05, 3.63) is 12.1 Å². The van der Waals surface area contributed by atoms with Crippen LogP contribution >= 0.6 is 0 Å². The van der Waals surface area contributed by atoms with Crippen LogP contribution in [0.1, 0.15) is 0 Å². The number of ether oxygens (including phenoxy) is 4. The van der Waals surface area contributed by atoms with Crippen molar-refractivity contribution in [3.63, 3.8) is 0 Å². The summed E-state index contributed by atoms with van der Waals surface area (Å²) >= 11 is 0. The molecule has 6 heteroatoms. The van der Waals surface area contributed by atoms with Gasteiger partial charge in [0.05, 0.1) is 21.3 Å². The van der Waals surface area contributed by atoms with Gasteiger partial charge >= 0.3 is 6.16 Å². The Morgan fingerprint density at radius 3 is 1.81 bits per heavy atom. The lowest BCUT2D eigenvalue weighted by Gasteiger charge is -2.12. The first-order chi connectivity index (χ1) is 7.62. The normalized spacial score (nSPS) is 9.44. The van der Waals surface area contributed by atoms with Crippen molar-refractivity contribution < 1.29 is 28.8 Å². The summed E-state index contributed by atoms with van der Waals surface area (Å²) in [6.07, 6.45) is -1.69. The summed E-state index contributed by atoms with van der Waals surface area (Å²) in [5.74, 6) is 0.756. The quantitative estimate of drug-likeness (QED) is 0.577. The molecule has 0 aliphatic heterocycles. The molecule has 0 unspecified atom stereocenters. The smallest absolute Gasteiger partial charge is 0.496 e. The standard InChI is InChI=1S/C10H11O6/c1-13-6-4-7(14-2)9(16-10(11)12)8(5-6)15-3/h4-5H,1-3H3. The van der Waals surface area contributed by atoms with Gasteiger partial charge in [-0.1, -0.05) is 0 Å². The van der Waals surface area contributed by atoms with Crippen molar-refractivity contribution in [1.82, 2.24) is 0 Å². The van der Waals surface area contributed by atoms with Crippen LogP contribution in [0.2, 0.25) is 0 Å². The summed E-state index contributed by atoms with van der Waals surface area (Å²) in [5, 5.41) is 10.4. The van der Waals surface area contributed by atoms with E-state index in [9.17, 15) is 9.90 Å². The molecule has 1 radical (unpaired) electrons. The van der Waals surface area contributed by atoms with Crippen LogP contribution < -0.4 is 18.9 Å². The van der Waals surface area contributed by atoms with Gasteiger partial charge in [-0.05, 0) is 0 Å². The van der Waals surface area contributed by atoms with Crippen molar-refractivity contribution in [2.24, 2.45) is 0 Å². The second-order valence-corrected chi connectivity index (χ2v) is 2.71. The van der Waals surface area contributed by atoms with Crippen LogP contribution in [0.5, 0.6) is 23.0 Å². The Kier molecular flexibility index (Phi) is 3.82. The fraction of sp³-hybridized carbons (Fsp3) is 0.300. The van der Waals surface area contributed by atoms with E-state index in [4.69, 9.17) is 14.2 Å². The number of carbonyl (C=O) groups excluding carboxylic acids is 1. The van der Waals surface area contributed by atoms with Crippen LogP contribution in [0.15, 0.2) is 12.1 Å². The molecule has 1 aromatic rings. The Morgan fingerprint density at radius 1 is 1.00 bits per heavy atom. The Morgan fingerprint density at radius 2 is 1.50 bits per heavy atom. The van der Waals surface area contributed by atoms with Crippen molar-refractivity contribution >= 4 is 6.16 Å². The molecule has 0 amide bonds. The molecule has 0 bridgehead atoms. The first-order valence-corrected chi connectivity index (χ1v) is 4.31. The summed E-state index contributed by atoms with van der Waals surface area (Å²) in [6, 6.07) is 2.95. The monoisotopic (exact) mass is 227 g/mol. The van der Waals surface area contributed by atoms with Gasteiger partial charge in [0, 0.05) is 12.1 Å². The maximum Gasteiger partial charge on any atom is 0.555 e. The van der Waals surface area contributed by atoms with Crippen LogP contribution in [-0.4, -0.2) is 27.5 Å². The van der Waals surface area contributed by atoms with Gasteiger partial charge in [0.1, 0.15) is 5.75 Å². The van der Waals surface area contributed by atoms with Crippen LogP contribution in [0, 0.1) is 0 Å². The van der Waals surface area contributed by atoms with E-state index in [1.165, 1.54) is 33.5 Å². The Bertz CT molecular complexity index is 362. The maximum atomic E-state index is 10.4. The van der Waals surface area contributed by atoms with Gasteiger partial charge < -0.3 is 18.9 Å². The molecule has 0 atom stereocenters. The van der Waals surface area contributed by atoms with Crippen LogP contribution in [0.25, 0.3) is 0 Å². The highest BCUT2D eigenvalue weighted by molar-refractivity contribution is 5.66. The molecular formula is C10H11O6. The highest BCUT2D eigenvalue weighted by atomic mass is 16.7. The van der Waals surface area contributed by atoms with E-state index in [1.807, 2.05) is 0 Å². The van der Waals surface area contributed by atoms with Gasteiger partial charge in [-0.2, -0.15) is 9.90 Å². The predicted molar refractivity (Wildman–Crippen MR) is 52.8 cm³/mol. The molecule has 0 saturated heterocycles. The van der Waals surface area contributed by atoms with E-state index in [1.54, 1.807) is 0 Å². The molecule has 0 fully saturated rings. The van der Waals surface area contributed by atoms with Gasteiger partial charge in [-0.3, -0.25) is 0 Å². The van der Waals surface area contributed by atoms with Gasteiger partial charge in [0.2, 0.25) is 5.75 Å². The molecule has 0 aliphatic rings. The molecule has 1 aromatic carbocycles. The fourth-order valence-electron chi connectivity index (χ4n) is 1.16. The third-order valence-electron chi connectivity index (χ3n) is 1.86. The lowest BCUT2D eigenvalue weighted by Crippen LogP contribution is -2.05. The summed E-state index contributed by atoms with van der Waals surface area (Å²) < 4.78 is 19.3. The topological polar surface area (TPSA) is 73.9 Å². The molecule has 0 spiro atoms. The average molecular weight is 227 g/mol. The van der Waals surface area contributed by atoms with Gasteiger partial charge in [0.25, 0.3) is 0 Å². The third-order valence-corrected chi connectivity index (χ3v) is 1.86. The molecule has 0 aliphatic carbocycles. The molecular weight excluding hydrogens is 216 g/mol. The predicted octanol–water partition coefficient (Wildman–Crippen LogP) is 1.64. The highest BCUT2D eigenvalue weighted by Crippen LogP contribution is 2.41. The maximum absolute atomic E-state index is 10.4. The fourth-order valence-corrected chi connectivity index (χ4v) is 1.16. The van der Waals surface area contributed by atoms with Crippen molar-refractivity contribution in [1.29, 1.82) is 0 Å². The number of hydrogen-bond acceptors (Lipinski definition) is 5. The largest absolute Gasteiger partial charge is 0.555 e. The van der Waals surface area contributed by atoms with E-state index >= 15 is 0 Å². The molecule has 0 N–H and O–H groups in total. The minimum atomic E-state index is -1.69. The molecule has 0 saturated carbocycles. The minimum Gasteiger partial charge on any atom is -0.496 e. The van der Waals surface area contributed by atoms with Crippen LogP contribution in [0.3, 0.4) is 0 Å². The zero-order valence-electron chi connectivity index (χ0n) is 9.10.